The Morgan fingerprint density at radius 1 is 1.26 bits per heavy atom. The predicted molar refractivity (Wildman–Crippen MR) is 79.0 cm³/mol. The molecule has 0 amide bonds. The summed E-state index contributed by atoms with van der Waals surface area (Å²) in [6.45, 7) is 0. The average molecular weight is 362 g/mol. The Morgan fingerprint density at radius 3 is 2.47 bits per heavy atom. The summed E-state index contributed by atoms with van der Waals surface area (Å²) < 4.78 is 26.4. The average Bonchev–Trinajstić information content (AvgIpc) is 2.39. The lowest BCUT2D eigenvalue weighted by atomic mass is 10.4. The van der Waals surface area contributed by atoms with E-state index in [1.807, 2.05) is 0 Å². The van der Waals surface area contributed by atoms with Crippen LogP contribution in [0, 0.1) is 0 Å². The molecule has 0 unspecified atom stereocenters. The van der Waals surface area contributed by atoms with Crippen LogP contribution in [-0.2, 0) is 10.0 Å². The van der Waals surface area contributed by atoms with Crippen molar-refractivity contribution < 1.29 is 8.42 Å². The summed E-state index contributed by atoms with van der Waals surface area (Å²) in [6, 6.07) is 9.78. The van der Waals surface area contributed by atoms with Crippen LogP contribution in [-0.4, -0.2) is 20.4 Å². The summed E-state index contributed by atoms with van der Waals surface area (Å²) in [7, 11) is -2.18. The first-order chi connectivity index (χ1) is 8.93. The third kappa shape index (κ3) is 2.91. The van der Waals surface area contributed by atoms with E-state index in [-0.39, 0.29) is 10.7 Å². The van der Waals surface area contributed by atoms with E-state index in [0.29, 0.717) is 9.50 Å². The second kappa shape index (κ2) is 5.48. The largest absolute Gasteiger partial charge is 0.265 e. The molecule has 0 saturated carbocycles. The minimum absolute atomic E-state index is 0.209. The van der Waals surface area contributed by atoms with Crippen molar-refractivity contribution >= 4 is 43.4 Å². The Bertz CT molecular complexity index is 692. The van der Waals surface area contributed by atoms with Crippen LogP contribution < -0.4 is 4.31 Å². The minimum Gasteiger partial charge on any atom is -0.252 e. The lowest BCUT2D eigenvalue weighted by molar-refractivity contribution is 0.594. The number of sulfonamides is 1. The van der Waals surface area contributed by atoms with E-state index in [2.05, 4.69) is 20.9 Å². The van der Waals surface area contributed by atoms with Crippen LogP contribution in [0.1, 0.15) is 0 Å². The first-order valence-corrected chi connectivity index (χ1v) is 7.89. The first kappa shape index (κ1) is 14.3. The molecular formula is C12H10BrClN2O2S. The van der Waals surface area contributed by atoms with Crippen LogP contribution in [0.2, 0.25) is 5.02 Å². The second-order valence-electron chi connectivity index (χ2n) is 3.74. The molecule has 100 valence electrons. The topological polar surface area (TPSA) is 50.3 Å². The van der Waals surface area contributed by atoms with Crippen LogP contribution in [0.15, 0.2) is 52.0 Å². The Hall–Kier alpha value is -1.11. The number of nitrogens with zero attached hydrogens (tertiary/aromatic N) is 2. The van der Waals surface area contributed by atoms with E-state index in [4.69, 9.17) is 11.6 Å². The molecule has 7 heteroatoms. The number of anilines is 1. The summed E-state index contributed by atoms with van der Waals surface area (Å²) in [5.41, 5.74) is 0. The molecule has 1 aromatic heterocycles. The van der Waals surface area contributed by atoms with Crippen molar-refractivity contribution in [3.8, 4) is 0 Å². The normalized spacial score (nSPS) is 11.3. The van der Waals surface area contributed by atoms with E-state index < -0.39 is 10.0 Å². The Kier molecular flexibility index (Phi) is 4.13. The molecule has 0 spiro atoms. The van der Waals surface area contributed by atoms with Gasteiger partial charge in [0.25, 0.3) is 10.0 Å². The van der Waals surface area contributed by atoms with Crippen LogP contribution >= 0.6 is 27.5 Å². The summed E-state index contributed by atoms with van der Waals surface area (Å²) in [5, 5.41) is 0.432. The van der Waals surface area contributed by atoms with Crippen molar-refractivity contribution in [2.24, 2.45) is 0 Å². The van der Waals surface area contributed by atoms with Crippen molar-refractivity contribution in [1.29, 1.82) is 0 Å². The van der Waals surface area contributed by atoms with Gasteiger partial charge in [0, 0.05) is 13.2 Å². The lowest BCUT2D eigenvalue weighted by Gasteiger charge is -2.19. The zero-order chi connectivity index (χ0) is 14.0. The monoisotopic (exact) mass is 360 g/mol. The maximum atomic E-state index is 12.4. The zero-order valence-corrected chi connectivity index (χ0v) is 13.1. The Labute approximate surface area is 125 Å². The molecule has 4 nitrogen and oxygen atoms in total. The SMILES string of the molecule is CN(c1ncc(Cl)cc1Br)S(=O)(=O)c1ccccc1. The van der Waals surface area contributed by atoms with Gasteiger partial charge in [0.2, 0.25) is 0 Å². The van der Waals surface area contributed by atoms with Gasteiger partial charge in [0.15, 0.2) is 5.82 Å². The van der Waals surface area contributed by atoms with E-state index in [1.54, 1.807) is 24.3 Å². The molecule has 1 aromatic carbocycles. The quantitative estimate of drug-likeness (QED) is 0.842. The molecule has 0 N–H and O–H groups in total. The third-order valence-corrected chi connectivity index (χ3v) is 5.04. The zero-order valence-electron chi connectivity index (χ0n) is 9.92. The molecule has 0 saturated heterocycles. The van der Waals surface area contributed by atoms with Crippen molar-refractivity contribution in [3.05, 3.63) is 52.1 Å². The molecule has 2 rings (SSSR count). The van der Waals surface area contributed by atoms with Crippen LogP contribution in [0.3, 0.4) is 0 Å². The van der Waals surface area contributed by atoms with Crippen molar-refractivity contribution in [1.82, 2.24) is 4.98 Å². The van der Waals surface area contributed by atoms with E-state index in [9.17, 15) is 8.42 Å². The van der Waals surface area contributed by atoms with Crippen molar-refractivity contribution in [2.75, 3.05) is 11.4 Å². The van der Waals surface area contributed by atoms with Gasteiger partial charge in [0.1, 0.15) is 0 Å². The van der Waals surface area contributed by atoms with E-state index >= 15 is 0 Å². The standard InChI is InChI=1S/C12H10BrClN2O2S/c1-16(12-11(13)7-9(14)8-15-12)19(17,18)10-5-3-2-4-6-10/h2-8H,1H3. The number of hydrogen-bond acceptors (Lipinski definition) is 3. The van der Waals surface area contributed by atoms with E-state index in [1.165, 1.54) is 25.4 Å². The van der Waals surface area contributed by atoms with Gasteiger partial charge in [-0.3, -0.25) is 4.31 Å². The summed E-state index contributed by atoms with van der Waals surface area (Å²) in [6.07, 6.45) is 1.40. The molecular weight excluding hydrogens is 352 g/mol. The fourth-order valence-electron chi connectivity index (χ4n) is 1.50. The molecule has 0 aliphatic carbocycles. The number of halogens is 2. The molecule has 0 radical (unpaired) electrons. The van der Waals surface area contributed by atoms with Crippen LogP contribution in [0.4, 0.5) is 5.82 Å². The molecule has 0 aliphatic rings. The van der Waals surface area contributed by atoms with Gasteiger partial charge in [0.05, 0.1) is 14.4 Å². The molecule has 0 fully saturated rings. The Morgan fingerprint density at radius 2 is 1.89 bits per heavy atom. The number of aromatic nitrogens is 1. The van der Waals surface area contributed by atoms with Gasteiger partial charge in [-0.15, -0.1) is 0 Å². The maximum Gasteiger partial charge on any atom is 0.265 e. The molecule has 19 heavy (non-hydrogen) atoms. The number of benzene rings is 1. The molecule has 0 bridgehead atoms. The lowest BCUT2D eigenvalue weighted by Crippen LogP contribution is -2.27. The second-order valence-corrected chi connectivity index (χ2v) is 7.00. The number of rotatable bonds is 3. The third-order valence-electron chi connectivity index (χ3n) is 2.49. The van der Waals surface area contributed by atoms with Gasteiger partial charge in [-0.25, -0.2) is 13.4 Å². The predicted octanol–water partition coefficient (Wildman–Crippen LogP) is 3.32. The molecule has 0 aliphatic heterocycles. The highest BCUT2D eigenvalue weighted by atomic mass is 79.9. The fraction of sp³-hybridized carbons (Fsp3) is 0.0833. The summed E-state index contributed by atoms with van der Waals surface area (Å²) in [5.74, 6) is 0.285. The van der Waals surface area contributed by atoms with Gasteiger partial charge in [-0.05, 0) is 34.1 Å². The van der Waals surface area contributed by atoms with Gasteiger partial charge in [-0.1, -0.05) is 29.8 Å². The van der Waals surface area contributed by atoms with Crippen LogP contribution in [0.5, 0.6) is 0 Å². The van der Waals surface area contributed by atoms with Gasteiger partial charge in [-0.2, -0.15) is 0 Å². The fourth-order valence-corrected chi connectivity index (χ4v) is 3.72. The molecule has 1 heterocycles. The van der Waals surface area contributed by atoms with Crippen molar-refractivity contribution in [3.63, 3.8) is 0 Å². The smallest absolute Gasteiger partial charge is 0.252 e. The van der Waals surface area contributed by atoms with Gasteiger partial charge < -0.3 is 0 Å². The molecule has 2 aromatic rings. The highest BCUT2D eigenvalue weighted by Crippen LogP contribution is 2.29. The Balaban J connectivity index is 2.47. The summed E-state index contributed by atoms with van der Waals surface area (Å²) in [4.78, 5) is 4.25. The van der Waals surface area contributed by atoms with E-state index in [0.717, 1.165) is 4.31 Å². The summed E-state index contributed by atoms with van der Waals surface area (Å²) >= 11 is 9.05. The van der Waals surface area contributed by atoms with Crippen LogP contribution in [0.25, 0.3) is 0 Å². The number of hydrogen-bond donors (Lipinski definition) is 0. The number of pyridine rings is 1. The van der Waals surface area contributed by atoms with Crippen molar-refractivity contribution in [2.45, 2.75) is 4.90 Å². The van der Waals surface area contributed by atoms with Gasteiger partial charge >= 0.3 is 0 Å². The first-order valence-electron chi connectivity index (χ1n) is 5.28. The maximum absolute atomic E-state index is 12.4. The highest BCUT2D eigenvalue weighted by molar-refractivity contribution is 9.10. The minimum atomic E-state index is -3.63. The molecule has 0 atom stereocenters. The highest BCUT2D eigenvalue weighted by Gasteiger charge is 2.23.